The second-order valence-corrected chi connectivity index (χ2v) is 7.50. The summed E-state index contributed by atoms with van der Waals surface area (Å²) in [5.74, 6) is -0.344. The van der Waals surface area contributed by atoms with Gasteiger partial charge in [-0.3, -0.25) is 15.1 Å². The average molecular weight is 432 g/mol. The molecule has 1 fully saturated rings. The Morgan fingerprint density at radius 2 is 1.55 bits per heavy atom. The molecule has 2 aromatic carbocycles. The number of ether oxygens (including phenoxy) is 1. The number of imidazole rings is 1. The maximum Gasteiger partial charge on any atom is 0.416 e. The molecular formula is C22H23F3N4O2. The zero-order chi connectivity index (χ0) is 22.0. The minimum Gasteiger partial charge on any atom is -0.379 e. The first kappa shape index (κ1) is 21.3. The van der Waals surface area contributed by atoms with Crippen molar-refractivity contribution in [2.45, 2.75) is 19.3 Å². The number of benzene rings is 2. The van der Waals surface area contributed by atoms with E-state index in [1.165, 1.54) is 12.1 Å². The smallest absolute Gasteiger partial charge is 0.379 e. The van der Waals surface area contributed by atoms with Gasteiger partial charge in [0.25, 0.3) is 0 Å². The molecule has 0 saturated carbocycles. The van der Waals surface area contributed by atoms with Gasteiger partial charge in [0, 0.05) is 31.7 Å². The van der Waals surface area contributed by atoms with Gasteiger partial charge in [0.05, 0.1) is 36.4 Å². The van der Waals surface area contributed by atoms with Crippen LogP contribution >= 0.6 is 0 Å². The van der Waals surface area contributed by atoms with Crippen molar-refractivity contribution in [2.75, 3.05) is 32.8 Å². The fourth-order valence-corrected chi connectivity index (χ4v) is 3.83. The number of carbonyl (C=O) groups is 1. The molecule has 164 valence electrons. The standard InChI is InChI=1S/C22H23F3N4O2/c23-22(24,25)17-7-5-16(6-8-17)20(30)15-29-19-4-2-1-3-18(19)28(21(29)26)10-9-27-11-13-31-14-12-27/h1-8,26H,9-15H2. The summed E-state index contributed by atoms with van der Waals surface area (Å²) in [7, 11) is 0. The first-order valence-electron chi connectivity index (χ1n) is 10.1. The molecule has 3 aromatic rings. The van der Waals surface area contributed by atoms with Crippen molar-refractivity contribution in [3.8, 4) is 0 Å². The molecule has 0 radical (unpaired) electrons. The number of nitrogens with zero attached hydrogens (tertiary/aromatic N) is 3. The number of ketones is 1. The number of nitrogens with one attached hydrogen (secondary N) is 1. The van der Waals surface area contributed by atoms with Crippen molar-refractivity contribution in [2.24, 2.45) is 0 Å². The number of aromatic nitrogens is 2. The molecule has 2 heterocycles. The Hall–Kier alpha value is -2.91. The van der Waals surface area contributed by atoms with Crippen LogP contribution in [-0.4, -0.2) is 52.7 Å². The van der Waals surface area contributed by atoms with Crippen LogP contribution in [0.5, 0.6) is 0 Å². The fraction of sp³-hybridized carbons (Fsp3) is 0.364. The maximum atomic E-state index is 12.8. The van der Waals surface area contributed by atoms with Crippen LogP contribution in [0.25, 0.3) is 11.0 Å². The number of morpholine rings is 1. The molecule has 1 aromatic heterocycles. The summed E-state index contributed by atoms with van der Waals surface area (Å²) in [4.78, 5) is 15.0. The summed E-state index contributed by atoms with van der Waals surface area (Å²) in [6.07, 6.45) is -4.45. The first-order chi connectivity index (χ1) is 14.8. The van der Waals surface area contributed by atoms with Gasteiger partial charge in [-0.05, 0) is 24.3 Å². The molecule has 31 heavy (non-hydrogen) atoms. The third kappa shape index (κ3) is 4.57. The Balaban J connectivity index is 1.58. The van der Waals surface area contributed by atoms with Crippen LogP contribution in [0.15, 0.2) is 48.5 Å². The highest BCUT2D eigenvalue weighted by molar-refractivity contribution is 5.96. The molecule has 1 saturated heterocycles. The van der Waals surface area contributed by atoms with Gasteiger partial charge in [-0.1, -0.05) is 24.3 Å². The molecule has 1 aliphatic rings. The molecule has 0 amide bonds. The third-order valence-electron chi connectivity index (χ3n) is 5.55. The zero-order valence-electron chi connectivity index (χ0n) is 16.9. The summed E-state index contributed by atoms with van der Waals surface area (Å²) < 4.78 is 47.2. The number of para-hydroxylation sites is 2. The lowest BCUT2D eigenvalue weighted by Crippen LogP contribution is -2.39. The van der Waals surface area contributed by atoms with Gasteiger partial charge in [-0.2, -0.15) is 13.2 Å². The number of carbonyl (C=O) groups excluding carboxylic acids is 1. The maximum absolute atomic E-state index is 12.8. The lowest BCUT2D eigenvalue weighted by molar-refractivity contribution is -0.137. The predicted molar refractivity (Wildman–Crippen MR) is 109 cm³/mol. The molecule has 1 aliphatic heterocycles. The average Bonchev–Trinajstić information content (AvgIpc) is 3.03. The lowest BCUT2D eigenvalue weighted by atomic mass is 10.1. The van der Waals surface area contributed by atoms with Gasteiger partial charge in [0.1, 0.15) is 0 Å². The van der Waals surface area contributed by atoms with Crippen molar-refractivity contribution >= 4 is 16.8 Å². The highest BCUT2D eigenvalue weighted by atomic mass is 19.4. The van der Waals surface area contributed by atoms with Crippen LogP contribution in [0.3, 0.4) is 0 Å². The number of halogens is 3. The van der Waals surface area contributed by atoms with Crippen molar-refractivity contribution in [3.63, 3.8) is 0 Å². The molecule has 6 nitrogen and oxygen atoms in total. The van der Waals surface area contributed by atoms with Crippen LogP contribution in [0.4, 0.5) is 13.2 Å². The van der Waals surface area contributed by atoms with Gasteiger partial charge in [-0.15, -0.1) is 0 Å². The van der Waals surface area contributed by atoms with Crippen LogP contribution in [-0.2, 0) is 24.0 Å². The molecule has 0 aliphatic carbocycles. The number of rotatable bonds is 6. The molecule has 0 bridgehead atoms. The SMILES string of the molecule is N=c1n(CCN2CCOCC2)c2ccccc2n1CC(=O)c1ccc(C(F)(F)F)cc1. The number of hydrogen-bond acceptors (Lipinski definition) is 4. The van der Waals surface area contributed by atoms with Crippen molar-refractivity contribution in [3.05, 3.63) is 65.3 Å². The van der Waals surface area contributed by atoms with E-state index in [2.05, 4.69) is 4.90 Å². The van der Waals surface area contributed by atoms with E-state index in [9.17, 15) is 18.0 Å². The molecule has 9 heteroatoms. The summed E-state index contributed by atoms with van der Waals surface area (Å²) in [6, 6.07) is 11.7. The molecular weight excluding hydrogens is 409 g/mol. The fourth-order valence-electron chi connectivity index (χ4n) is 3.83. The molecule has 0 atom stereocenters. The van der Waals surface area contributed by atoms with Gasteiger partial charge < -0.3 is 13.9 Å². The molecule has 0 spiro atoms. The summed E-state index contributed by atoms with van der Waals surface area (Å²) in [5, 5.41) is 8.65. The molecule has 1 N–H and O–H groups in total. The van der Waals surface area contributed by atoms with Gasteiger partial charge in [0.2, 0.25) is 5.62 Å². The Morgan fingerprint density at radius 1 is 0.935 bits per heavy atom. The van der Waals surface area contributed by atoms with E-state index >= 15 is 0 Å². The molecule has 0 unspecified atom stereocenters. The molecule has 4 rings (SSSR count). The van der Waals surface area contributed by atoms with Crippen LogP contribution < -0.4 is 5.62 Å². The van der Waals surface area contributed by atoms with Crippen LogP contribution in [0, 0.1) is 5.41 Å². The van der Waals surface area contributed by atoms with E-state index in [0.717, 1.165) is 42.8 Å². The van der Waals surface area contributed by atoms with Crippen molar-refractivity contribution < 1.29 is 22.7 Å². The minimum absolute atomic E-state index is 0.116. The second-order valence-electron chi connectivity index (χ2n) is 7.50. The normalized spacial score (nSPS) is 15.5. The Morgan fingerprint density at radius 3 is 2.16 bits per heavy atom. The predicted octanol–water partition coefficient (Wildman–Crippen LogP) is 3.16. The monoisotopic (exact) mass is 432 g/mol. The van der Waals surface area contributed by atoms with E-state index < -0.39 is 11.7 Å². The Kier molecular flexibility index (Phi) is 5.97. The summed E-state index contributed by atoms with van der Waals surface area (Å²) in [5.41, 5.74) is 1.17. The lowest BCUT2D eigenvalue weighted by Gasteiger charge is -2.26. The number of hydrogen-bond donors (Lipinski definition) is 1. The summed E-state index contributed by atoms with van der Waals surface area (Å²) >= 11 is 0. The Labute approximate surface area is 177 Å². The van der Waals surface area contributed by atoms with Gasteiger partial charge in [0.15, 0.2) is 5.78 Å². The van der Waals surface area contributed by atoms with E-state index in [0.29, 0.717) is 19.8 Å². The van der Waals surface area contributed by atoms with Gasteiger partial charge >= 0.3 is 6.18 Å². The highest BCUT2D eigenvalue weighted by Gasteiger charge is 2.30. The number of alkyl halides is 3. The largest absolute Gasteiger partial charge is 0.416 e. The third-order valence-corrected chi connectivity index (χ3v) is 5.55. The van der Waals surface area contributed by atoms with Crippen molar-refractivity contribution in [1.82, 2.24) is 14.0 Å². The second kappa shape index (κ2) is 8.68. The first-order valence-corrected chi connectivity index (χ1v) is 10.1. The van der Waals surface area contributed by atoms with Gasteiger partial charge in [-0.25, -0.2) is 0 Å². The van der Waals surface area contributed by atoms with E-state index in [4.69, 9.17) is 10.1 Å². The zero-order valence-corrected chi connectivity index (χ0v) is 16.9. The van der Waals surface area contributed by atoms with E-state index in [-0.39, 0.29) is 23.5 Å². The quantitative estimate of drug-likeness (QED) is 0.609. The van der Waals surface area contributed by atoms with Crippen LogP contribution in [0.1, 0.15) is 15.9 Å². The van der Waals surface area contributed by atoms with E-state index in [1.54, 1.807) is 4.57 Å². The topological polar surface area (TPSA) is 63.2 Å². The highest BCUT2D eigenvalue weighted by Crippen LogP contribution is 2.29. The van der Waals surface area contributed by atoms with Crippen LogP contribution in [0.2, 0.25) is 0 Å². The van der Waals surface area contributed by atoms with Crippen molar-refractivity contribution in [1.29, 1.82) is 5.41 Å². The van der Waals surface area contributed by atoms with E-state index in [1.807, 2.05) is 28.8 Å². The summed E-state index contributed by atoms with van der Waals surface area (Å²) in [6.45, 7) is 4.33. The Bertz CT molecular complexity index is 1130. The number of Topliss-reactive ketones (excluding diaryl/α,β-unsaturated/α-hetero) is 1. The minimum atomic E-state index is -4.45. The number of fused-ring (bicyclic) bond motifs is 1.